The quantitative estimate of drug-likeness (QED) is 0.601. The number of carbonyl (C=O) groups excluding carboxylic acids is 1. The summed E-state index contributed by atoms with van der Waals surface area (Å²) >= 11 is 5.19. The van der Waals surface area contributed by atoms with Gasteiger partial charge in [-0.1, -0.05) is 30.3 Å². The van der Waals surface area contributed by atoms with Gasteiger partial charge in [0.25, 0.3) is 0 Å². The lowest BCUT2D eigenvalue weighted by atomic mass is 10.1. The Morgan fingerprint density at radius 2 is 2.16 bits per heavy atom. The summed E-state index contributed by atoms with van der Waals surface area (Å²) in [4.78, 5) is 22.3. The zero-order valence-electron chi connectivity index (χ0n) is 13.4. The second-order valence-corrected chi connectivity index (χ2v) is 7.86. The monoisotopic (exact) mass is 415 g/mol. The number of hydrogen-bond donors (Lipinski definition) is 0. The number of nitrogens with zero attached hydrogens (tertiary/aromatic N) is 3. The van der Waals surface area contributed by atoms with Gasteiger partial charge in [-0.3, -0.25) is 9.56 Å². The fourth-order valence-electron chi connectivity index (χ4n) is 2.85. The molecule has 1 aromatic carbocycles. The van der Waals surface area contributed by atoms with Gasteiger partial charge in [0.1, 0.15) is 6.33 Å². The van der Waals surface area contributed by atoms with Crippen LogP contribution in [0.5, 0.6) is 0 Å². The van der Waals surface area contributed by atoms with E-state index in [0.29, 0.717) is 18.8 Å². The van der Waals surface area contributed by atoms with Crippen LogP contribution in [-0.4, -0.2) is 27.8 Å². The molecule has 0 fully saturated rings. The molecule has 3 aromatic rings. The molecule has 25 heavy (non-hydrogen) atoms. The van der Waals surface area contributed by atoms with Crippen LogP contribution in [0, 0.1) is 0 Å². The molecule has 0 saturated heterocycles. The van der Waals surface area contributed by atoms with E-state index in [9.17, 15) is 4.79 Å². The van der Waals surface area contributed by atoms with E-state index >= 15 is 0 Å². The maximum Gasteiger partial charge on any atom is 0.358 e. The number of thiophene rings is 1. The molecule has 0 spiro atoms. The summed E-state index contributed by atoms with van der Waals surface area (Å²) in [6.07, 6.45) is 1.67. The number of imidazole rings is 1. The highest BCUT2D eigenvalue weighted by atomic mass is 79.9. The Labute approximate surface area is 157 Å². The second-order valence-electron chi connectivity index (χ2n) is 5.43. The maximum absolute atomic E-state index is 12.2. The van der Waals surface area contributed by atoms with Crippen molar-refractivity contribution in [1.82, 2.24) is 9.55 Å². The molecule has 4 rings (SSSR count). The number of halogens is 1. The number of ether oxygens (including phenoxy) is 1. The number of carbonyl (C=O) groups is 1. The van der Waals surface area contributed by atoms with Crippen LogP contribution in [0.1, 0.15) is 33.5 Å². The molecule has 0 unspecified atom stereocenters. The number of aromatic nitrogens is 2. The number of aliphatic imine (C=N–C) groups is 1. The predicted octanol–water partition coefficient (Wildman–Crippen LogP) is 4.22. The molecule has 1 aliphatic rings. The second kappa shape index (κ2) is 6.57. The molecule has 1 aliphatic heterocycles. The van der Waals surface area contributed by atoms with E-state index in [1.165, 1.54) is 0 Å². The smallest absolute Gasteiger partial charge is 0.358 e. The van der Waals surface area contributed by atoms with Crippen LogP contribution in [0.3, 0.4) is 0 Å². The maximum atomic E-state index is 12.2. The van der Waals surface area contributed by atoms with Gasteiger partial charge in [0.2, 0.25) is 0 Å². The lowest BCUT2D eigenvalue weighted by molar-refractivity contribution is 0.0518. The van der Waals surface area contributed by atoms with Crippen LogP contribution in [0.15, 0.2) is 51.5 Å². The van der Waals surface area contributed by atoms with Crippen LogP contribution < -0.4 is 0 Å². The van der Waals surface area contributed by atoms with E-state index in [-0.39, 0.29) is 0 Å². The Hall–Kier alpha value is -2.25. The van der Waals surface area contributed by atoms with Crippen LogP contribution in [0.25, 0.3) is 5.69 Å². The van der Waals surface area contributed by atoms with Gasteiger partial charge in [-0.15, -0.1) is 11.3 Å². The first-order valence-electron chi connectivity index (χ1n) is 7.82. The van der Waals surface area contributed by atoms with E-state index in [2.05, 4.69) is 20.9 Å². The van der Waals surface area contributed by atoms with Crippen molar-refractivity contribution in [1.29, 1.82) is 0 Å². The van der Waals surface area contributed by atoms with Gasteiger partial charge in [-0.25, -0.2) is 9.78 Å². The summed E-state index contributed by atoms with van der Waals surface area (Å²) in [5.41, 5.74) is 4.01. The van der Waals surface area contributed by atoms with Crippen molar-refractivity contribution in [2.24, 2.45) is 4.99 Å². The lowest BCUT2D eigenvalue weighted by Gasteiger charge is -2.06. The molecule has 126 valence electrons. The average molecular weight is 416 g/mol. The summed E-state index contributed by atoms with van der Waals surface area (Å²) in [5, 5.41) is 0. The molecule has 0 atom stereocenters. The lowest BCUT2D eigenvalue weighted by Crippen LogP contribution is -2.09. The highest BCUT2D eigenvalue weighted by Gasteiger charge is 2.26. The first-order valence-corrected chi connectivity index (χ1v) is 9.43. The van der Waals surface area contributed by atoms with Crippen molar-refractivity contribution in [2.75, 3.05) is 6.61 Å². The van der Waals surface area contributed by atoms with Crippen molar-refractivity contribution >= 4 is 38.9 Å². The third-order valence-corrected chi connectivity index (χ3v) is 5.56. The van der Waals surface area contributed by atoms with Gasteiger partial charge < -0.3 is 4.74 Å². The molecule has 0 aliphatic carbocycles. The van der Waals surface area contributed by atoms with E-state index in [4.69, 9.17) is 9.73 Å². The van der Waals surface area contributed by atoms with Crippen molar-refractivity contribution in [2.45, 2.75) is 13.5 Å². The van der Waals surface area contributed by atoms with E-state index in [1.807, 2.05) is 41.0 Å². The standard InChI is InChI=1S/C18H14BrN3O2S/c1-2-24-18(23)16-13-9-20-15(11-6-4-3-5-7-11)17-12(8-14(19)25-17)22(13)10-21-16/h3-8,10H,2,9H2,1H3. The third-order valence-electron chi connectivity index (χ3n) is 3.93. The van der Waals surface area contributed by atoms with Crippen LogP contribution >= 0.6 is 27.3 Å². The van der Waals surface area contributed by atoms with Crippen molar-refractivity contribution in [3.8, 4) is 5.69 Å². The zero-order valence-corrected chi connectivity index (χ0v) is 15.8. The summed E-state index contributed by atoms with van der Waals surface area (Å²) in [7, 11) is 0. The zero-order chi connectivity index (χ0) is 17.4. The average Bonchev–Trinajstić information content (AvgIpc) is 3.17. The highest BCUT2D eigenvalue weighted by molar-refractivity contribution is 9.11. The number of benzene rings is 1. The SMILES string of the molecule is CCOC(=O)c1ncn2c1CN=C(c1ccccc1)c1sc(Br)cc1-2. The minimum absolute atomic E-state index is 0.318. The highest BCUT2D eigenvalue weighted by Crippen LogP contribution is 2.35. The Morgan fingerprint density at radius 3 is 2.92 bits per heavy atom. The molecule has 0 radical (unpaired) electrons. The van der Waals surface area contributed by atoms with Crippen LogP contribution in [-0.2, 0) is 11.3 Å². The fraction of sp³-hybridized carbons (Fsp3) is 0.167. The number of fused-ring (bicyclic) bond motifs is 3. The topological polar surface area (TPSA) is 56.5 Å². The number of hydrogen-bond acceptors (Lipinski definition) is 5. The Morgan fingerprint density at radius 1 is 1.36 bits per heavy atom. The minimum atomic E-state index is -0.412. The molecular weight excluding hydrogens is 402 g/mol. The third kappa shape index (κ3) is 2.83. The minimum Gasteiger partial charge on any atom is -0.461 e. The molecule has 0 saturated carbocycles. The summed E-state index contributed by atoms with van der Waals surface area (Å²) in [6, 6.07) is 12.1. The largest absolute Gasteiger partial charge is 0.461 e. The van der Waals surface area contributed by atoms with E-state index < -0.39 is 5.97 Å². The Balaban J connectivity index is 1.89. The molecule has 2 aromatic heterocycles. The molecule has 3 heterocycles. The molecule has 0 amide bonds. The number of rotatable bonds is 3. The number of esters is 1. The summed E-state index contributed by atoms with van der Waals surface area (Å²) in [6.45, 7) is 2.47. The van der Waals surface area contributed by atoms with Crippen LogP contribution in [0.2, 0.25) is 0 Å². The van der Waals surface area contributed by atoms with Gasteiger partial charge >= 0.3 is 5.97 Å². The van der Waals surface area contributed by atoms with E-state index in [1.54, 1.807) is 24.6 Å². The molecule has 7 heteroatoms. The van der Waals surface area contributed by atoms with Gasteiger partial charge in [0.15, 0.2) is 5.69 Å². The Kier molecular flexibility index (Phi) is 4.27. The molecule has 0 N–H and O–H groups in total. The van der Waals surface area contributed by atoms with Crippen molar-refractivity contribution < 1.29 is 9.53 Å². The van der Waals surface area contributed by atoms with Gasteiger partial charge in [-0.2, -0.15) is 0 Å². The molecular formula is C18H14BrN3O2S. The first-order chi connectivity index (χ1) is 12.2. The normalized spacial score (nSPS) is 12.8. The van der Waals surface area contributed by atoms with Gasteiger partial charge in [-0.05, 0) is 28.9 Å². The fourth-order valence-corrected chi connectivity index (χ4v) is 4.46. The predicted molar refractivity (Wildman–Crippen MR) is 101 cm³/mol. The molecule has 0 bridgehead atoms. The van der Waals surface area contributed by atoms with E-state index in [0.717, 1.165) is 31.3 Å². The molecule has 5 nitrogen and oxygen atoms in total. The summed E-state index contributed by atoms with van der Waals surface area (Å²) in [5.74, 6) is -0.412. The van der Waals surface area contributed by atoms with Crippen LogP contribution in [0.4, 0.5) is 0 Å². The van der Waals surface area contributed by atoms with Crippen molar-refractivity contribution in [3.05, 3.63) is 68.3 Å². The van der Waals surface area contributed by atoms with Gasteiger partial charge in [0, 0.05) is 5.56 Å². The summed E-state index contributed by atoms with van der Waals surface area (Å²) < 4.78 is 8.06. The first kappa shape index (κ1) is 16.2. The van der Waals surface area contributed by atoms with Gasteiger partial charge in [0.05, 0.1) is 38.9 Å². The Bertz CT molecular complexity index is 976. The van der Waals surface area contributed by atoms with Crippen molar-refractivity contribution in [3.63, 3.8) is 0 Å².